The Kier molecular flexibility index (Phi) is 8.80. The Hall–Kier alpha value is -3.84. The van der Waals surface area contributed by atoms with Crippen molar-refractivity contribution >= 4 is 42.2 Å². The number of aromatic nitrogens is 4. The number of alkyl carbamates (subject to hydrolysis) is 1. The molecule has 3 heterocycles. The standard InChI is InChI=1S/C32H41F2N5O5Si/c1-18(35-31(41)44-32(2,3)4)26-22(33)13-19-16-25(38(28(19)37-26)17-43-11-12-45(6,7)8)29-36-24-15-20(30(40)42-5)14-23(34)27(24)39(29)21-9-10-21/h13-16,18,21H,9-12,17H2,1-8H3,(H,35,41)/t18-/m1/s1. The van der Waals surface area contributed by atoms with Gasteiger partial charge in [0.25, 0.3) is 0 Å². The van der Waals surface area contributed by atoms with E-state index in [0.717, 1.165) is 25.0 Å². The van der Waals surface area contributed by atoms with Crippen LogP contribution in [0.3, 0.4) is 0 Å². The summed E-state index contributed by atoms with van der Waals surface area (Å²) >= 11 is 0. The molecule has 1 N–H and O–H groups in total. The maximum Gasteiger partial charge on any atom is 0.408 e. The van der Waals surface area contributed by atoms with Gasteiger partial charge in [0.15, 0.2) is 5.82 Å². The molecule has 0 unspecified atom stereocenters. The summed E-state index contributed by atoms with van der Waals surface area (Å²) in [4.78, 5) is 34.2. The maximum atomic E-state index is 15.6. The molecule has 0 bridgehead atoms. The van der Waals surface area contributed by atoms with Crippen molar-refractivity contribution in [2.75, 3.05) is 13.7 Å². The Morgan fingerprint density at radius 2 is 1.80 bits per heavy atom. The van der Waals surface area contributed by atoms with Crippen LogP contribution in [0.5, 0.6) is 0 Å². The van der Waals surface area contributed by atoms with Crippen molar-refractivity contribution in [2.24, 2.45) is 0 Å². The monoisotopic (exact) mass is 641 g/mol. The van der Waals surface area contributed by atoms with Crippen LogP contribution in [-0.4, -0.2) is 58.6 Å². The third kappa shape index (κ3) is 7.19. The van der Waals surface area contributed by atoms with Crippen molar-refractivity contribution in [3.05, 3.63) is 47.2 Å². The van der Waals surface area contributed by atoms with Crippen LogP contribution < -0.4 is 5.32 Å². The number of carbonyl (C=O) groups excluding carboxylic acids is 2. The summed E-state index contributed by atoms with van der Waals surface area (Å²) in [5.74, 6) is -1.38. The van der Waals surface area contributed by atoms with Gasteiger partial charge in [-0.1, -0.05) is 19.6 Å². The molecule has 1 amide bonds. The molecule has 13 heteroatoms. The summed E-state index contributed by atoms with van der Waals surface area (Å²) in [5.41, 5.74) is 0.959. The van der Waals surface area contributed by atoms with E-state index in [1.54, 1.807) is 33.8 Å². The van der Waals surface area contributed by atoms with E-state index in [4.69, 9.17) is 19.2 Å². The lowest BCUT2D eigenvalue weighted by Gasteiger charge is -2.22. The lowest BCUT2D eigenvalue weighted by atomic mass is 10.2. The van der Waals surface area contributed by atoms with E-state index in [2.05, 4.69) is 29.9 Å². The van der Waals surface area contributed by atoms with Gasteiger partial charge < -0.3 is 24.1 Å². The quantitative estimate of drug-likeness (QED) is 0.110. The number of benzene rings is 1. The number of fused-ring (bicyclic) bond motifs is 2. The van der Waals surface area contributed by atoms with E-state index >= 15 is 8.78 Å². The van der Waals surface area contributed by atoms with Crippen LogP contribution in [0.25, 0.3) is 33.6 Å². The molecule has 3 aromatic heterocycles. The smallest absolute Gasteiger partial charge is 0.408 e. The van der Waals surface area contributed by atoms with Gasteiger partial charge in [0, 0.05) is 26.1 Å². The van der Waals surface area contributed by atoms with Crippen LogP contribution in [0.2, 0.25) is 25.7 Å². The molecular weight excluding hydrogens is 600 g/mol. The summed E-state index contributed by atoms with van der Waals surface area (Å²) in [7, 11) is -0.145. The van der Waals surface area contributed by atoms with Crippen LogP contribution in [-0.2, 0) is 20.9 Å². The number of nitrogens with one attached hydrogen (secondary N) is 1. The number of hydrogen-bond acceptors (Lipinski definition) is 7. The fraction of sp³-hybridized carbons (Fsp3) is 0.500. The predicted molar refractivity (Wildman–Crippen MR) is 170 cm³/mol. The number of carbonyl (C=O) groups is 2. The number of rotatable bonds is 10. The molecule has 1 aliphatic carbocycles. The Labute approximate surface area is 262 Å². The lowest BCUT2D eigenvalue weighted by molar-refractivity contribution is 0.0505. The molecular formula is C32H41F2N5O5Si. The van der Waals surface area contributed by atoms with Crippen molar-refractivity contribution in [1.29, 1.82) is 0 Å². The highest BCUT2D eigenvalue weighted by Gasteiger charge is 2.33. The van der Waals surface area contributed by atoms with Gasteiger partial charge >= 0.3 is 12.1 Å². The second kappa shape index (κ2) is 12.2. The minimum Gasteiger partial charge on any atom is -0.465 e. The minimum atomic E-state index is -1.38. The molecule has 45 heavy (non-hydrogen) atoms. The Morgan fingerprint density at radius 1 is 1.09 bits per heavy atom. The predicted octanol–water partition coefficient (Wildman–Crippen LogP) is 7.35. The van der Waals surface area contributed by atoms with Crippen molar-refractivity contribution in [3.63, 3.8) is 0 Å². The fourth-order valence-corrected chi connectivity index (χ4v) is 5.92. The van der Waals surface area contributed by atoms with Gasteiger partial charge in [-0.25, -0.2) is 28.3 Å². The van der Waals surface area contributed by atoms with E-state index in [1.807, 2.05) is 9.13 Å². The van der Waals surface area contributed by atoms with Gasteiger partial charge in [-0.2, -0.15) is 0 Å². The molecule has 10 nitrogen and oxygen atoms in total. The Bertz CT molecular complexity index is 1770. The number of ether oxygens (including phenoxy) is 3. The largest absolute Gasteiger partial charge is 0.465 e. The molecule has 1 fully saturated rings. The number of amides is 1. The normalized spacial score (nSPS) is 14.6. The van der Waals surface area contributed by atoms with Crippen LogP contribution in [0, 0.1) is 11.6 Å². The number of halogens is 2. The maximum absolute atomic E-state index is 15.6. The van der Waals surface area contributed by atoms with Gasteiger partial charge in [0.1, 0.15) is 40.8 Å². The highest BCUT2D eigenvalue weighted by atomic mass is 28.3. The number of imidazole rings is 1. The van der Waals surface area contributed by atoms with E-state index in [0.29, 0.717) is 34.7 Å². The molecule has 1 saturated carbocycles. The SMILES string of the molecule is COC(=O)c1cc(F)c2c(c1)nc(-c1cc3cc(F)c([C@@H](C)NC(=O)OC(C)(C)C)nc3n1COCC[Si](C)(C)C)n2C1CC1. The molecule has 0 radical (unpaired) electrons. The molecule has 242 valence electrons. The second-order valence-electron chi connectivity index (χ2n) is 13.8. The molecule has 1 atom stereocenters. The molecule has 5 rings (SSSR count). The van der Waals surface area contributed by atoms with E-state index < -0.39 is 43.4 Å². The zero-order valence-corrected chi connectivity index (χ0v) is 28.1. The zero-order chi connectivity index (χ0) is 32.8. The summed E-state index contributed by atoms with van der Waals surface area (Å²) in [5, 5.41) is 3.16. The second-order valence-corrected chi connectivity index (χ2v) is 19.4. The van der Waals surface area contributed by atoms with Gasteiger partial charge in [0.2, 0.25) is 0 Å². The van der Waals surface area contributed by atoms with E-state index in [1.165, 1.54) is 19.2 Å². The van der Waals surface area contributed by atoms with E-state index in [-0.39, 0.29) is 29.5 Å². The first-order valence-corrected chi connectivity index (χ1v) is 18.8. The van der Waals surface area contributed by atoms with Gasteiger partial charge in [-0.15, -0.1) is 0 Å². The Balaban J connectivity index is 1.64. The zero-order valence-electron chi connectivity index (χ0n) is 27.1. The first-order chi connectivity index (χ1) is 21.1. The first-order valence-electron chi connectivity index (χ1n) is 15.1. The summed E-state index contributed by atoms with van der Waals surface area (Å²) in [6.45, 7) is 14.3. The highest BCUT2D eigenvalue weighted by Crippen LogP contribution is 2.43. The van der Waals surface area contributed by atoms with E-state index in [9.17, 15) is 9.59 Å². The van der Waals surface area contributed by atoms with Crippen molar-refractivity contribution in [3.8, 4) is 11.5 Å². The summed E-state index contributed by atoms with van der Waals surface area (Å²) < 4.78 is 51.1. The number of nitrogens with zero attached hydrogens (tertiary/aromatic N) is 4. The highest BCUT2D eigenvalue weighted by molar-refractivity contribution is 6.76. The van der Waals surface area contributed by atoms with Crippen LogP contribution in [0.15, 0.2) is 24.3 Å². The summed E-state index contributed by atoms with van der Waals surface area (Å²) in [6, 6.07) is 5.97. The Morgan fingerprint density at radius 3 is 2.42 bits per heavy atom. The van der Waals surface area contributed by atoms with Gasteiger partial charge in [-0.05, 0) is 70.8 Å². The van der Waals surface area contributed by atoms with Crippen LogP contribution >= 0.6 is 0 Å². The fourth-order valence-electron chi connectivity index (χ4n) is 5.16. The molecule has 4 aromatic rings. The molecule has 0 aliphatic heterocycles. The van der Waals surface area contributed by atoms with Gasteiger partial charge in [0.05, 0.1) is 29.9 Å². The molecule has 0 spiro atoms. The van der Waals surface area contributed by atoms with Crippen molar-refractivity contribution in [1.82, 2.24) is 24.4 Å². The van der Waals surface area contributed by atoms with Crippen LogP contribution in [0.4, 0.5) is 13.6 Å². The third-order valence-corrected chi connectivity index (χ3v) is 9.22. The van der Waals surface area contributed by atoms with Crippen molar-refractivity contribution < 1.29 is 32.6 Å². The van der Waals surface area contributed by atoms with Crippen molar-refractivity contribution in [2.45, 2.75) is 90.6 Å². The minimum absolute atomic E-state index is 0.0149. The lowest BCUT2D eigenvalue weighted by Crippen LogP contribution is -2.34. The molecule has 1 aromatic carbocycles. The number of pyridine rings is 1. The number of esters is 1. The molecule has 1 aliphatic rings. The number of methoxy groups -OCH3 is 1. The first kappa shape index (κ1) is 32.5. The topological polar surface area (TPSA) is 110 Å². The average molecular weight is 642 g/mol. The summed E-state index contributed by atoms with van der Waals surface area (Å²) in [6.07, 6.45) is 0.997. The average Bonchev–Trinajstić information content (AvgIpc) is 3.60. The number of hydrogen-bond donors (Lipinski definition) is 1. The van der Waals surface area contributed by atoms with Crippen LogP contribution in [0.1, 0.15) is 68.7 Å². The molecule has 0 saturated heterocycles. The third-order valence-electron chi connectivity index (χ3n) is 7.51. The van der Waals surface area contributed by atoms with Gasteiger partial charge in [-0.3, -0.25) is 4.57 Å².